The number of rotatable bonds is 5. The predicted molar refractivity (Wildman–Crippen MR) is 89.0 cm³/mol. The summed E-state index contributed by atoms with van der Waals surface area (Å²) in [6, 6.07) is 13.3. The van der Waals surface area contributed by atoms with E-state index in [-0.39, 0.29) is 0 Å². The summed E-state index contributed by atoms with van der Waals surface area (Å²) in [5.41, 5.74) is 2.51. The maximum Gasteiger partial charge on any atom is 0.166 e. The summed E-state index contributed by atoms with van der Waals surface area (Å²) in [4.78, 5) is 4.61. The molecule has 0 radical (unpaired) electrons. The number of aryl methyl sites for hydroxylation is 1. The number of ether oxygens (including phenoxy) is 2. The zero-order chi connectivity index (χ0) is 16.4. The molecule has 120 valence electrons. The van der Waals surface area contributed by atoms with Crippen molar-refractivity contribution >= 4 is 11.0 Å². The number of hydrogen-bond donors (Lipinski definition) is 1. The zero-order valence-corrected chi connectivity index (χ0v) is 13.5. The van der Waals surface area contributed by atoms with Gasteiger partial charge in [-0.25, -0.2) is 4.98 Å². The first-order chi connectivity index (χ1) is 11.2. The first-order valence-corrected chi connectivity index (χ1v) is 7.55. The molecule has 5 nitrogen and oxygen atoms in total. The quantitative estimate of drug-likeness (QED) is 0.786. The van der Waals surface area contributed by atoms with Crippen molar-refractivity contribution in [2.45, 2.75) is 19.6 Å². The third kappa shape index (κ3) is 2.53. The molecule has 5 heteroatoms. The molecule has 0 unspecified atom stereocenters. The molecule has 1 aromatic heterocycles. The van der Waals surface area contributed by atoms with Crippen LogP contribution in [0, 0.1) is 0 Å². The standard InChI is InChI=1S/C18H20N2O3/c1-4-20-14-10-6-5-9-13(14)19-18(20)16(21)12-8-7-11-15(22-2)17(12)23-3/h5-11,16,21H,4H2,1-3H3/t16-/m1/s1. The van der Waals surface area contributed by atoms with Crippen LogP contribution in [0.2, 0.25) is 0 Å². The van der Waals surface area contributed by atoms with Gasteiger partial charge in [-0.3, -0.25) is 0 Å². The first kappa shape index (κ1) is 15.4. The lowest BCUT2D eigenvalue weighted by atomic mass is 10.1. The molecule has 0 aliphatic carbocycles. The molecule has 3 aromatic rings. The van der Waals surface area contributed by atoms with Crippen LogP contribution in [0.15, 0.2) is 42.5 Å². The van der Waals surface area contributed by atoms with E-state index in [1.54, 1.807) is 20.3 Å². The molecule has 1 atom stereocenters. The maximum atomic E-state index is 10.9. The SMILES string of the molecule is CCn1c([C@H](O)c2cccc(OC)c2OC)nc2ccccc21. The van der Waals surface area contributed by atoms with E-state index in [1.807, 2.05) is 47.9 Å². The van der Waals surface area contributed by atoms with Crippen LogP contribution >= 0.6 is 0 Å². The van der Waals surface area contributed by atoms with E-state index in [1.165, 1.54) is 0 Å². The number of para-hydroxylation sites is 3. The van der Waals surface area contributed by atoms with E-state index >= 15 is 0 Å². The van der Waals surface area contributed by atoms with E-state index in [0.717, 1.165) is 17.6 Å². The number of methoxy groups -OCH3 is 2. The molecule has 0 bridgehead atoms. The molecule has 0 amide bonds. The van der Waals surface area contributed by atoms with Crippen molar-refractivity contribution in [2.75, 3.05) is 14.2 Å². The monoisotopic (exact) mass is 312 g/mol. The van der Waals surface area contributed by atoms with Crippen molar-refractivity contribution in [3.63, 3.8) is 0 Å². The Morgan fingerprint density at radius 3 is 2.57 bits per heavy atom. The average molecular weight is 312 g/mol. The van der Waals surface area contributed by atoms with Gasteiger partial charge in [-0.05, 0) is 25.1 Å². The highest BCUT2D eigenvalue weighted by Crippen LogP contribution is 2.37. The van der Waals surface area contributed by atoms with Crippen LogP contribution in [-0.4, -0.2) is 28.9 Å². The Bertz CT molecular complexity index is 826. The van der Waals surface area contributed by atoms with Crippen LogP contribution in [0.25, 0.3) is 11.0 Å². The van der Waals surface area contributed by atoms with Gasteiger partial charge in [-0.15, -0.1) is 0 Å². The van der Waals surface area contributed by atoms with Gasteiger partial charge in [0.15, 0.2) is 11.5 Å². The van der Waals surface area contributed by atoms with Crippen molar-refractivity contribution in [2.24, 2.45) is 0 Å². The van der Waals surface area contributed by atoms with E-state index in [4.69, 9.17) is 9.47 Å². The summed E-state index contributed by atoms with van der Waals surface area (Å²) in [5, 5.41) is 10.9. The average Bonchev–Trinajstić information content (AvgIpc) is 2.98. The number of nitrogens with zero attached hydrogens (tertiary/aromatic N) is 2. The van der Waals surface area contributed by atoms with Gasteiger partial charge in [0.2, 0.25) is 0 Å². The normalized spacial score (nSPS) is 12.3. The summed E-state index contributed by atoms with van der Waals surface area (Å²) >= 11 is 0. The van der Waals surface area contributed by atoms with E-state index in [0.29, 0.717) is 22.9 Å². The van der Waals surface area contributed by atoms with Crippen LogP contribution in [-0.2, 0) is 6.54 Å². The van der Waals surface area contributed by atoms with Crippen molar-refractivity contribution < 1.29 is 14.6 Å². The van der Waals surface area contributed by atoms with Gasteiger partial charge >= 0.3 is 0 Å². The maximum absolute atomic E-state index is 10.9. The van der Waals surface area contributed by atoms with Crippen LogP contribution in [0.4, 0.5) is 0 Å². The Morgan fingerprint density at radius 1 is 1.09 bits per heavy atom. The Hall–Kier alpha value is -2.53. The fourth-order valence-electron chi connectivity index (χ4n) is 2.90. The lowest BCUT2D eigenvalue weighted by molar-refractivity contribution is 0.199. The molecule has 0 fully saturated rings. The summed E-state index contributed by atoms with van der Waals surface area (Å²) in [6.07, 6.45) is -0.896. The van der Waals surface area contributed by atoms with E-state index < -0.39 is 6.10 Å². The molecule has 23 heavy (non-hydrogen) atoms. The predicted octanol–water partition coefficient (Wildman–Crippen LogP) is 3.16. The number of imidazole rings is 1. The van der Waals surface area contributed by atoms with Gasteiger partial charge in [-0.2, -0.15) is 0 Å². The first-order valence-electron chi connectivity index (χ1n) is 7.55. The molecule has 3 rings (SSSR count). The highest BCUT2D eigenvalue weighted by molar-refractivity contribution is 5.76. The minimum Gasteiger partial charge on any atom is -0.493 e. The topological polar surface area (TPSA) is 56.5 Å². The second-order valence-corrected chi connectivity index (χ2v) is 5.19. The van der Waals surface area contributed by atoms with Crippen molar-refractivity contribution in [1.29, 1.82) is 0 Å². The fourth-order valence-corrected chi connectivity index (χ4v) is 2.90. The molecule has 2 aromatic carbocycles. The number of fused-ring (bicyclic) bond motifs is 1. The van der Waals surface area contributed by atoms with Gasteiger partial charge < -0.3 is 19.1 Å². The molecule has 1 N–H and O–H groups in total. The Labute approximate surface area is 135 Å². The molecule has 0 aliphatic heterocycles. The van der Waals surface area contributed by atoms with Crippen LogP contribution in [0.1, 0.15) is 24.4 Å². The highest BCUT2D eigenvalue weighted by atomic mass is 16.5. The smallest absolute Gasteiger partial charge is 0.166 e. The Kier molecular flexibility index (Phi) is 4.21. The van der Waals surface area contributed by atoms with Gasteiger partial charge in [0.05, 0.1) is 25.3 Å². The van der Waals surface area contributed by atoms with Gasteiger partial charge in [0.1, 0.15) is 11.9 Å². The van der Waals surface area contributed by atoms with E-state index in [2.05, 4.69) is 4.98 Å². The summed E-state index contributed by atoms with van der Waals surface area (Å²) in [7, 11) is 3.15. The molecule has 0 saturated heterocycles. The fraction of sp³-hybridized carbons (Fsp3) is 0.278. The molecular weight excluding hydrogens is 292 g/mol. The minimum absolute atomic E-state index is 0.525. The molecule has 0 aliphatic rings. The number of aliphatic hydroxyl groups is 1. The van der Waals surface area contributed by atoms with Crippen LogP contribution in [0.3, 0.4) is 0 Å². The summed E-state index contributed by atoms with van der Waals surface area (Å²) in [5.74, 6) is 1.71. The lowest BCUT2D eigenvalue weighted by Crippen LogP contribution is -2.10. The third-order valence-corrected chi connectivity index (χ3v) is 3.97. The van der Waals surface area contributed by atoms with Gasteiger partial charge in [0, 0.05) is 12.1 Å². The molecule has 0 spiro atoms. The summed E-state index contributed by atoms with van der Waals surface area (Å²) < 4.78 is 12.8. The number of benzene rings is 2. The van der Waals surface area contributed by atoms with Crippen LogP contribution in [0.5, 0.6) is 11.5 Å². The van der Waals surface area contributed by atoms with Gasteiger partial charge in [0.25, 0.3) is 0 Å². The van der Waals surface area contributed by atoms with Gasteiger partial charge in [-0.1, -0.05) is 24.3 Å². The largest absolute Gasteiger partial charge is 0.493 e. The number of aliphatic hydroxyl groups excluding tert-OH is 1. The molecule has 1 heterocycles. The number of hydrogen-bond acceptors (Lipinski definition) is 4. The third-order valence-electron chi connectivity index (χ3n) is 3.97. The van der Waals surface area contributed by atoms with Crippen LogP contribution < -0.4 is 9.47 Å². The van der Waals surface area contributed by atoms with E-state index in [9.17, 15) is 5.11 Å². The zero-order valence-electron chi connectivity index (χ0n) is 13.5. The molecule has 0 saturated carbocycles. The number of aromatic nitrogens is 2. The molecular formula is C18H20N2O3. The van der Waals surface area contributed by atoms with Crippen molar-refractivity contribution in [3.05, 3.63) is 53.9 Å². The van der Waals surface area contributed by atoms with Crippen molar-refractivity contribution in [1.82, 2.24) is 9.55 Å². The second kappa shape index (κ2) is 6.30. The summed E-state index contributed by atoms with van der Waals surface area (Å²) in [6.45, 7) is 2.76. The Morgan fingerprint density at radius 2 is 1.87 bits per heavy atom. The highest BCUT2D eigenvalue weighted by Gasteiger charge is 2.23. The Balaban J connectivity index is 2.16. The lowest BCUT2D eigenvalue weighted by Gasteiger charge is -2.17. The van der Waals surface area contributed by atoms with Crippen molar-refractivity contribution in [3.8, 4) is 11.5 Å². The second-order valence-electron chi connectivity index (χ2n) is 5.19. The minimum atomic E-state index is -0.896.